The van der Waals surface area contributed by atoms with Crippen LogP contribution in [0.5, 0.6) is 0 Å². The highest BCUT2D eigenvalue weighted by Crippen LogP contribution is 2.23. The van der Waals surface area contributed by atoms with Gasteiger partial charge in [-0.2, -0.15) is 0 Å². The van der Waals surface area contributed by atoms with E-state index in [4.69, 9.17) is 17.4 Å². The fourth-order valence-corrected chi connectivity index (χ4v) is 2.93. The molecule has 0 amide bonds. The summed E-state index contributed by atoms with van der Waals surface area (Å²) < 4.78 is 27.0. The maximum atomic E-state index is 12.3. The molecule has 0 bridgehead atoms. The smallest absolute Gasteiger partial charge is 0.261 e. The first kappa shape index (κ1) is 14.6. The van der Waals surface area contributed by atoms with E-state index in [1.54, 1.807) is 37.3 Å². The molecule has 0 saturated carbocycles. The van der Waals surface area contributed by atoms with E-state index in [0.717, 1.165) is 5.56 Å². The molecular weight excluding hydrogens is 298 g/mol. The van der Waals surface area contributed by atoms with Crippen LogP contribution < -0.4 is 16.0 Å². The molecule has 0 aliphatic carbocycles. The van der Waals surface area contributed by atoms with E-state index >= 15 is 0 Å². The number of halogens is 1. The topological polar surface area (TPSA) is 84.2 Å². The molecule has 20 heavy (non-hydrogen) atoms. The van der Waals surface area contributed by atoms with Gasteiger partial charge in [0, 0.05) is 10.7 Å². The Kier molecular flexibility index (Phi) is 4.17. The maximum absolute atomic E-state index is 12.3. The number of rotatable bonds is 4. The molecule has 5 nitrogen and oxygen atoms in total. The van der Waals surface area contributed by atoms with Gasteiger partial charge in [-0.15, -0.1) is 0 Å². The van der Waals surface area contributed by atoms with Crippen LogP contribution in [0.3, 0.4) is 0 Å². The lowest BCUT2D eigenvalue weighted by molar-refractivity contribution is 0.601. The second-order valence-corrected chi connectivity index (χ2v) is 6.35. The molecule has 0 radical (unpaired) electrons. The van der Waals surface area contributed by atoms with Crippen LogP contribution in [0.1, 0.15) is 5.56 Å². The van der Waals surface area contributed by atoms with Crippen molar-refractivity contribution >= 4 is 33.0 Å². The summed E-state index contributed by atoms with van der Waals surface area (Å²) in [4.78, 5) is 0.149. The monoisotopic (exact) mass is 311 g/mol. The maximum Gasteiger partial charge on any atom is 0.261 e. The minimum absolute atomic E-state index is 0.149. The normalized spacial score (nSPS) is 11.2. The van der Waals surface area contributed by atoms with Gasteiger partial charge in [0.15, 0.2) is 0 Å². The summed E-state index contributed by atoms with van der Waals surface area (Å²) in [7, 11) is -3.65. The zero-order valence-corrected chi connectivity index (χ0v) is 12.3. The van der Waals surface area contributed by atoms with Gasteiger partial charge < -0.3 is 5.43 Å². The van der Waals surface area contributed by atoms with Crippen molar-refractivity contribution in [1.29, 1.82) is 0 Å². The third kappa shape index (κ3) is 3.22. The summed E-state index contributed by atoms with van der Waals surface area (Å²) in [6.07, 6.45) is 0. The molecule has 2 aromatic carbocycles. The standard InChI is InChI=1S/C13H14ClN3O2S/c1-9-2-3-10(14)8-13(9)17-20(18,19)12-6-4-11(16-15)5-7-12/h2-8,16-17H,15H2,1H3. The molecule has 0 aromatic heterocycles. The van der Waals surface area contributed by atoms with E-state index in [0.29, 0.717) is 16.4 Å². The third-order valence-corrected chi connectivity index (χ3v) is 4.39. The molecule has 0 aliphatic heterocycles. The first-order valence-electron chi connectivity index (χ1n) is 5.78. The Bertz CT molecular complexity index is 715. The average molecular weight is 312 g/mol. The number of benzene rings is 2. The van der Waals surface area contributed by atoms with Gasteiger partial charge in [-0.25, -0.2) is 8.42 Å². The lowest BCUT2D eigenvalue weighted by Crippen LogP contribution is -2.14. The molecular formula is C13H14ClN3O2S. The van der Waals surface area contributed by atoms with Crippen LogP contribution in [0.15, 0.2) is 47.4 Å². The van der Waals surface area contributed by atoms with Gasteiger partial charge in [0.2, 0.25) is 0 Å². The Morgan fingerprint density at radius 3 is 2.35 bits per heavy atom. The molecule has 0 atom stereocenters. The molecule has 0 spiro atoms. The summed E-state index contributed by atoms with van der Waals surface area (Å²) >= 11 is 5.87. The van der Waals surface area contributed by atoms with Crippen molar-refractivity contribution in [1.82, 2.24) is 0 Å². The predicted molar refractivity (Wildman–Crippen MR) is 81.2 cm³/mol. The molecule has 7 heteroatoms. The summed E-state index contributed by atoms with van der Waals surface area (Å²) in [6.45, 7) is 1.80. The molecule has 106 valence electrons. The van der Waals surface area contributed by atoms with Gasteiger partial charge in [0.05, 0.1) is 10.6 Å². The van der Waals surface area contributed by atoms with Crippen molar-refractivity contribution in [2.75, 3.05) is 10.1 Å². The number of hydrogen-bond acceptors (Lipinski definition) is 4. The highest BCUT2D eigenvalue weighted by atomic mass is 35.5. The second-order valence-electron chi connectivity index (χ2n) is 4.23. The van der Waals surface area contributed by atoms with E-state index in [1.807, 2.05) is 0 Å². The molecule has 4 N–H and O–H groups in total. The molecule has 2 rings (SSSR count). The van der Waals surface area contributed by atoms with Crippen molar-refractivity contribution in [3.8, 4) is 0 Å². The van der Waals surface area contributed by atoms with E-state index in [2.05, 4.69) is 10.1 Å². The number of anilines is 2. The molecule has 0 aliphatic rings. The Morgan fingerprint density at radius 1 is 1.10 bits per heavy atom. The second kappa shape index (κ2) is 5.70. The molecule has 0 heterocycles. The van der Waals surface area contributed by atoms with Gasteiger partial charge in [0.25, 0.3) is 10.0 Å². The van der Waals surface area contributed by atoms with E-state index in [9.17, 15) is 8.42 Å². The number of sulfonamides is 1. The van der Waals surface area contributed by atoms with Crippen molar-refractivity contribution < 1.29 is 8.42 Å². The Balaban J connectivity index is 2.32. The lowest BCUT2D eigenvalue weighted by atomic mass is 10.2. The van der Waals surface area contributed by atoms with Gasteiger partial charge in [0.1, 0.15) is 0 Å². The van der Waals surface area contributed by atoms with Gasteiger partial charge >= 0.3 is 0 Å². The first-order valence-corrected chi connectivity index (χ1v) is 7.64. The van der Waals surface area contributed by atoms with Crippen molar-refractivity contribution in [2.45, 2.75) is 11.8 Å². The average Bonchev–Trinajstić information content (AvgIpc) is 2.43. The highest BCUT2D eigenvalue weighted by molar-refractivity contribution is 7.92. The lowest BCUT2D eigenvalue weighted by Gasteiger charge is -2.11. The third-order valence-electron chi connectivity index (χ3n) is 2.78. The van der Waals surface area contributed by atoms with E-state index in [-0.39, 0.29) is 4.90 Å². The zero-order chi connectivity index (χ0) is 14.8. The van der Waals surface area contributed by atoms with E-state index in [1.165, 1.54) is 12.1 Å². The minimum atomic E-state index is -3.65. The summed E-state index contributed by atoms with van der Waals surface area (Å²) in [6, 6.07) is 11.1. The summed E-state index contributed by atoms with van der Waals surface area (Å²) in [5.74, 6) is 5.24. The van der Waals surface area contributed by atoms with Crippen molar-refractivity contribution in [2.24, 2.45) is 5.84 Å². The Hall–Kier alpha value is -1.76. The van der Waals surface area contributed by atoms with Crippen LogP contribution in [0.4, 0.5) is 11.4 Å². The number of hydrogen-bond donors (Lipinski definition) is 3. The molecule has 0 fully saturated rings. The number of nitrogens with two attached hydrogens (primary N) is 1. The number of nitrogens with one attached hydrogen (secondary N) is 2. The SMILES string of the molecule is Cc1ccc(Cl)cc1NS(=O)(=O)c1ccc(NN)cc1. The van der Waals surface area contributed by atoms with Crippen LogP contribution in [-0.4, -0.2) is 8.42 Å². The van der Waals surface area contributed by atoms with Crippen molar-refractivity contribution in [3.63, 3.8) is 0 Å². The van der Waals surface area contributed by atoms with E-state index < -0.39 is 10.0 Å². The number of aryl methyl sites for hydroxylation is 1. The molecule has 2 aromatic rings. The van der Waals surface area contributed by atoms with Crippen LogP contribution >= 0.6 is 11.6 Å². The number of nitrogen functional groups attached to an aromatic ring is 1. The largest absolute Gasteiger partial charge is 0.324 e. The fourth-order valence-electron chi connectivity index (χ4n) is 1.64. The summed E-state index contributed by atoms with van der Waals surface area (Å²) in [5.41, 5.74) is 4.31. The number of hydrazine groups is 1. The quantitative estimate of drug-likeness (QED) is 0.599. The first-order chi connectivity index (χ1) is 9.42. The predicted octanol–water partition coefficient (Wildman–Crippen LogP) is 2.73. The summed E-state index contributed by atoms with van der Waals surface area (Å²) in [5, 5.41) is 0.468. The highest BCUT2D eigenvalue weighted by Gasteiger charge is 2.15. The van der Waals surface area contributed by atoms with Crippen LogP contribution in [-0.2, 0) is 10.0 Å². The minimum Gasteiger partial charge on any atom is -0.324 e. The van der Waals surface area contributed by atoms with Crippen LogP contribution in [0.2, 0.25) is 5.02 Å². The fraction of sp³-hybridized carbons (Fsp3) is 0.0769. The van der Waals surface area contributed by atoms with Crippen molar-refractivity contribution in [3.05, 3.63) is 53.1 Å². The van der Waals surface area contributed by atoms with Gasteiger partial charge in [-0.3, -0.25) is 10.6 Å². The van der Waals surface area contributed by atoms with Gasteiger partial charge in [-0.1, -0.05) is 17.7 Å². The molecule has 0 saturated heterocycles. The Morgan fingerprint density at radius 2 is 1.75 bits per heavy atom. The zero-order valence-electron chi connectivity index (χ0n) is 10.7. The molecule has 0 unspecified atom stereocenters. The van der Waals surface area contributed by atoms with Gasteiger partial charge in [-0.05, 0) is 48.9 Å². The van der Waals surface area contributed by atoms with Crippen LogP contribution in [0, 0.1) is 6.92 Å². The Labute approximate surface area is 122 Å². The van der Waals surface area contributed by atoms with Crippen LogP contribution in [0.25, 0.3) is 0 Å².